The van der Waals surface area contributed by atoms with Crippen LogP contribution < -0.4 is 10.6 Å². The highest BCUT2D eigenvalue weighted by atomic mass is 35.5. The summed E-state index contributed by atoms with van der Waals surface area (Å²) in [6, 6.07) is 4.45. The number of halogens is 1. The van der Waals surface area contributed by atoms with Crippen LogP contribution in [0, 0.1) is 6.92 Å². The van der Waals surface area contributed by atoms with Gasteiger partial charge in [-0.2, -0.15) is 0 Å². The molecule has 1 aromatic carbocycles. The number of nitrogens with two attached hydrogens (primary N) is 1. The molecule has 76 valence electrons. The molecule has 0 spiro atoms. The molecule has 0 aliphatic carbocycles. The van der Waals surface area contributed by atoms with E-state index in [-0.39, 0.29) is 0 Å². The summed E-state index contributed by atoms with van der Waals surface area (Å²) in [4.78, 5) is 2.25. The molecule has 1 aliphatic heterocycles. The van der Waals surface area contributed by atoms with E-state index in [9.17, 15) is 0 Å². The molecule has 0 aromatic heterocycles. The zero-order valence-electron chi connectivity index (χ0n) is 8.55. The lowest BCUT2D eigenvalue weighted by molar-refractivity contribution is 0.674. The quantitative estimate of drug-likeness (QED) is 0.768. The minimum absolute atomic E-state index is 0.406. The third-order valence-corrected chi connectivity index (χ3v) is 3.39. The summed E-state index contributed by atoms with van der Waals surface area (Å²) < 4.78 is 0. The second-order valence-electron chi connectivity index (χ2n) is 3.90. The van der Waals surface area contributed by atoms with Crippen molar-refractivity contribution in [2.75, 3.05) is 18.5 Å². The molecule has 0 saturated heterocycles. The number of hydrogen-bond donors (Lipinski definition) is 1. The number of aryl methyl sites for hydroxylation is 1. The fraction of sp³-hybridized carbons (Fsp3) is 0.455. The molecule has 0 amide bonds. The zero-order chi connectivity index (χ0) is 10.3. The number of likely N-dealkylation sites (N-methyl/N-ethyl adjacent to an activating group) is 1. The molecule has 1 aliphatic rings. The fourth-order valence-electron chi connectivity index (χ4n) is 2.21. The molecule has 1 heterocycles. The fourth-order valence-corrected chi connectivity index (χ4v) is 2.44. The Hall–Kier alpha value is -0.730. The van der Waals surface area contributed by atoms with Gasteiger partial charge in [-0.1, -0.05) is 17.7 Å². The van der Waals surface area contributed by atoms with Crippen LogP contribution in [-0.4, -0.2) is 19.6 Å². The predicted octanol–water partition coefficient (Wildman–Crippen LogP) is 1.97. The van der Waals surface area contributed by atoms with Crippen LogP contribution in [0.3, 0.4) is 0 Å². The van der Waals surface area contributed by atoms with Gasteiger partial charge in [-0.05, 0) is 30.5 Å². The van der Waals surface area contributed by atoms with E-state index >= 15 is 0 Å². The highest BCUT2D eigenvalue weighted by Gasteiger charge is 2.28. The number of rotatable bonds is 1. The number of hydrogen-bond acceptors (Lipinski definition) is 2. The first kappa shape index (κ1) is 9.81. The number of benzene rings is 1. The first-order valence-corrected chi connectivity index (χ1v) is 5.23. The predicted molar refractivity (Wildman–Crippen MR) is 61.1 cm³/mol. The Kier molecular flexibility index (Phi) is 2.41. The Balaban J connectivity index is 2.52. The van der Waals surface area contributed by atoms with Crippen molar-refractivity contribution >= 4 is 17.3 Å². The molecule has 0 saturated carbocycles. The number of nitrogens with zero attached hydrogens (tertiary/aromatic N) is 1. The molecule has 1 aromatic rings. The molecule has 14 heavy (non-hydrogen) atoms. The van der Waals surface area contributed by atoms with Gasteiger partial charge in [0, 0.05) is 30.3 Å². The van der Waals surface area contributed by atoms with Crippen molar-refractivity contribution in [3.05, 3.63) is 28.3 Å². The van der Waals surface area contributed by atoms with E-state index in [0.717, 1.165) is 11.4 Å². The monoisotopic (exact) mass is 210 g/mol. The summed E-state index contributed by atoms with van der Waals surface area (Å²) in [5.41, 5.74) is 9.52. The van der Waals surface area contributed by atoms with Gasteiger partial charge in [0.25, 0.3) is 0 Å². The average Bonchev–Trinajstić information content (AvgIpc) is 2.51. The molecule has 1 atom stereocenters. The minimum atomic E-state index is 0.406. The molecular weight excluding hydrogens is 196 g/mol. The molecule has 2 rings (SSSR count). The van der Waals surface area contributed by atoms with Gasteiger partial charge in [0.05, 0.1) is 0 Å². The molecular formula is C11H15ClN2. The summed E-state index contributed by atoms with van der Waals surface area (Å²) in [5, 5.41) is 0.869. The van der Waals surface area contributed by atoms with Crippen LogP contribution in [0.5, 0.6) is 0 Å². The Labute approximate surface area is 89.7 Å². The maximum atomic E-state index is 6.16. The number of anilines is 1. The van der Waals surface area contributed by atoms with Crippen LogP contribution >= 0.6 is 11.6 Å². The van der Waals surface area contributed by atoms with Gasteiger partial charge in [0.15, 0.2) is 0 Å². The smallest absolute Gasteiger partial charge is 0.0459 e. The van der Waals surface area contributed by atoms with Gasteiger partial charge in [-0.3, -0.25) is 0 Å². The van der Waals surface area contributed by atoms with Crippen LogP contribution in [0.1, 0.15) is 11.1 Å². The van der Waals surface area contributed by atoms with E-state index in [2.05, 4.69) is 24.9 Å². The van der Waals surface area contributed by atoms with E-state index in [1.807, 2.05) is 6.07 Å². The summed E-state index contributed by atoms with van der Waals surface area (Å²) >= 11 is 6.16. The van der Waals surface area contributed by atoms with Crippen molar-refractivity contribution in [2.45, 2.75) is 19.4 Å². The van der Waals surface area contributed by atoms with E-state index in [1.54, 1.807) is 0 Å². The van der Waals surface area contributed by atoms with Gasteiger partial charge in [0.1, 0.15) is 0 Å². The normalized spacial score (nSPS) is 20.0. The standard InChI is InChI=1S/C11H15ClN2/c1-7-3-4-10(12)9-5-8(6-13)14(2)11(7)9/h3-4,8H,5-6,13H2,1-2H3. The third kappa shape index (κ3) is 1.30. The molecule has 2 nitrogen and oxygen atoms in total. The highest BCUT2D eigenvalue weighted by Crippen LogP contribution is 2.37. The third-order valence-electron chi connectivity index (χ3n) is 3.04. The van der Waals surface area contributed by atoms with Crippen molar-refractivity contribution in [1.82, 2.24) is 0 Å². The van der Waals surface area contributed by atoms with Crippen molar-refractivity contribution < 1.29 is 0 Å². The maximum Gasteiger partial charge on any atom is 0.0459 e. The van der Waals surface area contributed by atoms with Gasteiger partial charge < -0.3 is 10.6 Å². The lowest BCUT2D eigenvalue weighted by Crippen LogP contribution is -2.35. The van der Waals surface area contributed by atoms with Gasteiger partial charge in [0.2, 0.25) is 0 Å². The molecule has 0 bridgehead atoms. The lowest BCUT2D eigenvalue weighted by Gasteiger charge is -2.22. The van der Waals surface area contributed by atoms with Crippen LogP contribution in [0.2, 0.25) is 5.02 Å². The summed E-state index contributed by atoms with van der Waals surface area (Å²) in [6.45, 7) is 2.80. The topological polar surface area (TPSA) is 29.3 Å². The van der Waals surface area contributed by atoms with E-state index in [4.69, 9.17) is 17.3 Å². The molecule has 0 fully saturated rings. The minimum Gasteiger partial charge on any atom is -0.370 e. The lowest BCUT2D eigenvalue weighted by atomic mass is 10.1. The molecule has 1 unspecified atom stereocenters. The van der Waals surface area contributed by atoms with E-state index < -0.39 is 0 Å². The largest absolute Gasteiger partial charge is 0.370 e. The Bertz CT molecular complexity index is 363. The van der Waals surface area contributed by atoms with E-state index in [0.29, 0.717) is 12.6 Å². The van der Waals surface area contributed by atoms with E-state index in [1.165, 1.54) is 16.8 Å². The van der Waals surface area contributed by atoms with Gasteiger partial charge in [-0.25, -0.2) is 0 Å². The second-order valence-corrected chi connectivity index (χ2v) is 4.30. The van der Waals surface area contributed by atoms with Crippen LogP contribution in [0.25, 0.3) is 0 Å². The van der Waals surface area contributed by atoms with Crippen molar-refractivity contribution in [3.63, 3.8) is 0 Å². The Morgan fingerprint density at radius 2 is 2.29 bits per heavy atom. The van der Waals surface area contributed by atoms with Crippen molar-refractivity contribution in [3.8, 4) is 0 Å². The van der Waals surface area contributed by atoms with Crippen LogP contribution in [0.15, 0.2) is 12.1 Å². The van der Waals surface area contributed by atoms with Gasteiger partial charge >= 0.3 is 0 Å². The number of fused-ring (bicyclic) bond motifs is 1. The first-order chi connectivity index (χ1) is 6.65. The maximum absolute atomic E-state index is 6.16. The van der Waals surface area contributed by atoms with Crippen LogP contribution in [-0.2, 0) is 6.42 Å². The van der Waals surface area contributed by atoms with Crippen LogP contribution in [0.4, 0.5) is 5.69 Å². The second kappa shape index (κ2) is 3.44. The summed E-state index contributed by atoms with van der Waals surface area (Å²) in [5.74, 6) is 0. The first-order valence-electron chi connectivity index (χ1n) is 4.86. The molecule has 3 heteroatoms. The zero-order valence-corrected chi connectivity index (χ0v) is 9.30. The summed E-state index contributed by atoms with van der Waals surface area (Å²) in [7, 11) is 2.09. The molecule has 0 radical (unpaired) electrons. The van der Waals surface area contributed by atoms with Crippen molar-refractivity contribution in [1.29, 1.82) is 0 Å². The van der Waals surface area contributed by atoms with Crippen molar-refractivity contribution in [2.24, 2.45) is 5.73 Å². The molecule has 2 N–H and O–H groups in total. The highest BCUT2D eigenvalue weighted by molar-refractivity contribution is 6.32. The van der Waals surface area contributed by atoms with Gasteiger partial charge in [-0.15, -0.1) is 0 Å². The summed E-state index contributed by atoms with van der Waals surface area (Å²) in [6.07, 6.45) is 0.975. The Morgan fingerprint density at radius 1 is 1.57 bits per heavy atom. The average molecular weight is 211 g/mol. The Morgan fingerprint density at radius 3 is 2.86 bits per heavy atom. The SMILES string of the molecule is Cc1ccc(Cl)c2c1N(C)C(CN)C2.